The van der Waals surface area contributed by atoms with Crippen LogP contribution in [0.4, 0.5) is 5.69 Å². The molecular weight excluding hydrogens is 386 g/mol. The van der Waals surface area contributed by atoms with E-state index in [1.807, 2.05) is 24.3 Å². The Balaban J connectivity index is 1.21. The highest BCUT2D eigenvalue weighted by Crippen LogP contribution is 2.34. The molecule has 0 spiro atoms. The van der Waals surface area contributed by atoms with Gasteiger partial charge in [-0.2, -0.15) is 0 Å². The van der Waals surface area contributed by atoms with Crippen LogP contribution in [0, 0.1) is 0 Å². The first-order chi connectivity index (χ1) is 14.2. The van der Waals surface area contributed by atoms with Crippen LogP contribution < -0.4 is 14.8 Å². The van der Waals surface area contributed by atoms with E-state index < -0.39 is 0 Å². The van der Waals surface area contributed by atoms with E-state index in [1.165, 1.54) is 9.71 Å². The molecule has 1 saturated heterocycles. The van der Waals surface area contributed by atoms with Gasteiger partial charge in [-0.25, -0.2) is 4.98 Å². The number of ether oxygens (including phenoxy) is 2. The minimum absolute atomic E-state index is 0.00775. The maximum absolute atomic E-state index is 12.6. The normalized spacial score (nSPS) is 19.2. The lowest BCUT2D eigenvalue weighted by molar-refractivity contribution is -0.117. The first-order valence-corrected chi connectivity index (χ1v) is 10.8. The van der Waals surface area contributed by atoms with Crippen LogP contribution in [0.3, 0.4) is 0 Å². The van der Waals surface area contributed by atoms with Crippen molar-refractivity contribution in [2.75, 3.05) is 38.2 Å². The van der Waals surface area contributed by atoms with Gasteiger partial charge in [-0.05, 0) is 43.7 Å². The SMILES string of the molecule is O=C(CN1CCCC(c2nc3ccccc3s2)C1)Nc1ccc2c(c1)OCCO2. The smallest absolute Gasteiger partial charge is 0.238 e. The van der Waals surface area contributed by atoms with E-state index in [0.29, 0.717) is 31.4 Å². The number of anilines is 1. The lowest BCUT2D eigenvalue weighted by Gasteiger charge is -2.31. The van der Waals surface area contributed by atoms with E-state index in [-0.39, 0.29) is 5.91 Å². The largest absolute Gasteiger partial charge is 0.486 e. The number of hydrogen-bond acceptors (Lipinski definition) is 6. The fraction of sp³-hybridized carbons (Fsp3) is 0.364. The second-order valence-electron chi connectivity index (χ2n) is 7.50. The lowest BCUT2D eigenvalue weighted by Crippen LogP contribution is -2.39. The summed E-state index contributed by atoms with van der Waals surface area (Å²) in [5.74, 6) is 1.79. The molecule has 1 N–H and O–H groups in total. The molecule has 6 nitrogen and oxygen atoms in total. The zero-order valence-electron chi connectivity index (χ0n) is 16.1. The number of benzene rings is 2. The summed E-state index contributed by atoms with van der Waals surface area (Å²) in [4.78, 5) is 19.6. The molecule has 2 aromatic carbocycles. The number of hydrogen-bond donors (Lipinski definition) is 1. The molecule has 3 heterocycles. The molecule has 0 aliphatic carbocycles. The summed E-state index contributed by atoms with van der Waals surface area (Å²) in [5.41, 5.74) is 1.81. The number of rotatable bonds is 4. The number of likely N-dealkylation sites (tertiary alicyclic amines) is 1. The minimum atomic E-state index is -0.00775. The van der Waals surface area contributed by atoms with Crippen LogP contribution in [0.2, 0.25) is 0 Å². The van der Waals surface area contributed by atoms with Crippen LogP contribution in [0.5, 0.6) is 11.5 Å². The topological polar surface area (TPSA) is 63.7 Å². The number of fused-ring (bicyclic) bond motifs is 2. The Bertz CT molecular complexity index is 1000. The second-order valence-corrected chi connectivity index (χ2v) is 8.56. The fourth-order valence-corrected chi connectivity index (χ4v) is 5.08. The van der Waals surface area contributed by atoms with Crippen molar-refractivity contribution in [1.82, 2.24) is 9.88 Å². The van der Waals surface area contributed by atoms with Crippen LogP contribution in [0.25, 0.3) is 10.2 Å². The van der Waals surface area contributed by atoms with Crippen molar-refractivity contribution in [1.29, 1.82) is 0 Å². The number of carbonyl (C=O) groups is 1. The molecule has 150 valence electrons. The van der Waals surface area contributed by atoms with Crippen molar-refractivity contribution < 1.29 is 14.3 Å². The number of thiazole rings is 1. The zero-order chi connectivity index (χ0) is 19.6. The Hall–Kier alpha value is -2.64. The molecule has 3 aromatic rings. The Morgan fingerprint density at radius 2 is 2.03 bits per heavy atom. The highest BCUT2D eigenvalue weighted by atomic mass is 32.1. The molecule has 5 rings (SSSR count). The van der Waals surface area contributed by atoms with Crippen LogP contribution >= 0.6 is 11.3 Å². The highest BCUT2D eigenvalue weighted by Gasteiger charge is 2.25. The summed E-state index contributed by atoms with van der Waals surface area (Å²) in [6.07, 6.45) is 2.21. The van der Waals surface area contributed by atoms with E-state index in [2.05, 4.69) is 28.4 Å². The summed E-state index contributed by atoms with van der Waals surface area (Å²) in [6, 6.07) is 13.8. The van der Waals surface area contributed by atoms with Gasteiger partial charge in [0.15, 0.2) is 11.5 Å². The molecule has 2 aliphatic heterocycles. The van der Waals surface area contributed by atoms with E-state index in [0.717, 1.165) is 42.9 Å². The Labute approximate surface area is 173 Å². The van der Waals surface area contributed by atoms with Gasteiger partial charge in [0.05, 0.1) is 21.8 Å². The molecule has 0 saturated carbocycles. The third kappa shape index (κ3) is 4.06. The van der Waals surface area contributed by atoms with E-state index in [9.17, 15) is 4.79 Å². The van der Waals surface area contributed by atoms with Crippen molar-refractivity contribution in [3.8, 4) is 11.5 Å². The van der Waals surface area contributed by atoms with Gasteiger partial charge in [0.2, 0.25) is 5.91 Å². The van der Waals surface area contributed by atoms with Gasteiger partial charge < -0.3 is 14.8 Å². The second kappa shape index (κ2) is 8.00. The van der Waals surface area contributed by atoms with Gasteiger partial charge in [0.25, 0.3) is 0 Å². The predicted molar refractivity (Wildman–Crippen MR) is 114 cm³/mol. The lowest BCUT2D eigenvalue weighted by atomic mass is 9.99. The van der Waals surface area contributed by atoms with Gasteiger partial charge in [0.1, 0.15) is 13.2 Å². The van der Waals surface area contributed by atoms with E-state index in [4.69, 9.17) is 14.5 Å². The zero-order valence-corrected chi connectivity index (χ0v) is 16.9. The quantitative estimate of drug-likeness (QED) is 0.708. The van der Waals surface area contributed by atoms with Gasteiger partial charge >= 0.3 is 0 Å². The summed E-state index contributed by atoms with van der Waals surface area (Å²) in [7, 11) is 0. The standard InChI is InChI=1S/C22H23N3O3S/c26-21(23-16-7-8-18-19(12-16)28-11-10-27-18)14-25-9-3-4-15(13-25)22-24-17-5-1-2-6-20(17)29-22/h1-2,5-8,12,15H,3-4,9-11,13-14H2,(H,23,26). The molecule has 29 heavy (non-hydrogen) atoms. The van der Waals surface area contributed by atoms with Crippen LogP contribution in [-0.4, -0.2) is 48.6 Å². The number of para-hydroxylation sites is 1. The Kier molecular flexibility index (Phi) is 5.08. The number of carbonyl (C=O) groups excluding carboxylic acids is 1. The van der Waals surface area contributed by atoms with Crippen molar-refractivity contribution >= 4 is 33.1 Å². The molecule has 1 atom stereocenters. The summed E-state index contributed by atoms with van der Waals surface area (Å²) in [6.45, 7) is 3.29. The predicted octanol–water partition coefficient (Wildman–Crippen LogP) is 3.89. The molecular formula is C22H23N3O3S. The van der Waals surface area contributed by atoms with E-state index in [1.54, 1.807) is 11.3 Å². The number of aromatic nitrogens is 1. The van der Waals surface area contributed by atoms with Crippen molar-refractivity contribution in [3.63, 3.8) is 0 Å². The van der Waals surface area contributed by atoms with Crippen molar-refractivity contribution in [3.05, 3.63) is 47.5 Å². The van der Waals surface area contributed by atoms with Crippen LogP contribution in [-0.2, 0) is 4.79 Å². The van der Waals surface area contributed by atoms with Crippen molar-refractivity contribution in [2.45, 2.75) is 18.8 Å². The summed E-state index contributed by atoms with van der Waals surface area (Å²) in [5, 5.41) is 4.17. The Morgan fingerprint density at radius 3 is 2.93 bits per heavy atom. The van der Waals surface area contributed by atoms with E-state index >= 15 is 0 Å². The molecule has 1 amide bonds. The average molecular weight is 410 g/mol. The molecule has 7 heteroatoms. The maximum atomic E-state index is 12.6. The Morgan fingerprint density at radius 1 is 1.17 bits per heavy atom. The van der Waals surface area contributed by atoms with Gasteiger partial charge in [-0.15, -0.1) is 11.3 Å². The minimum Gasteiger partial charge on any atom is -0.486 e. The number of nitrogens with one attached hydrogen (secondary N) is 1. The molecule has 0 radical (unpaired) electrons. The first-order valence-electron chi connectivity index (χ1n) is 10.0. The molecule has 1 fully saturated rings. The molecule has 1 unspecified atom stereocenters. The third-order valence-corrected chi connectivity index (χ3v) is 6.56. The summed E-state index contributed by atoms with van der Waals surface area (Å²) < 4.78 is 12.4. The number of nitrogens with zero attached hydrogens (tertiary/aromatic N) is 2. The fourth-order valence-electron chi connectivity index (χ4n) is 3.99. The average Bonchev–Trinajstić information content (AvgIpc) is 3.18. The van der Waals surface area contributed by atoms with Crippen LogP contribution in [0.1, 0.15) is 23.8 Å². The van der Waals surface area contributed by atoms with Gasteiger partial charge in [-0.1, -0.05) is 12.1 Å². The monoisotopic (exact) mass is 409 g/mol. The molecule has 0 bridgehead atoms. The van der Waals surface area contributed by atoms with Gasteiger partial charge in [0, 0.05) is 24.2 Å². The third-order valence-electron chi connectivity index (χ3n) is 5.36. The number of piperidine rings is 1. The maximum Gasteiger partial charge on any atom is 0.238 e. The number of amides is 1. The highest BCUT2D eigenvalue weighted by molar-refractivity contribution is 7.18. The molecule has 2 aliphatic rings. The summed E-state index contributed by atoms with van der Waals surface area (Å²) >= 11 is 1.78. The molecule has 1 aromatic heterocycles. The van der Waals surface area contributed by atoms with Gasteiger partial charge in [-0.3, -0.25) is 9.69 Å². The van der Waals surface area contributed by atoms with Crippen molar-refractivity contribution in [2.24, 2.45) is 0 Å². The van der Waals surface area contributed by atoms with Crippen LogP contribution in [0.15, 0.2) is 42.5 Å². The first kappa shape index (κ1) is 18.4.